The zero-order chi connectivity index (χ0) is 20.7. The monoisotopic (exact) mass is 402 g/mol. The van der Waals surface area contributed by atoms with Crippen LogP contribution in [0.15, 0.2) is 48.8 Å². The number of piperidine rings is 1. The van der Waals surface area contributed by atoms with Crippen molar-refractivity contribution in [1.29, 1.82) is 0 Å². The number of nitrogens with two attached hydrogens (primary N) is 1. The molecule has 1 aliphatic rings. The zero-order valence-corrected chi connectivity index (χ0v) is 16.4. The van der Waals surface area contributed by atoms with Crippen molar-refractivity contribution in [3.05, 3.63) is 54.5 Å². The first-order valence-electron chi connectivity index (χ1n) is 10.0. The summed E-state index contributed by atoms with van der Waals surface area (Å²) in [6, 6.07) is 12.0. The molecule has 152 valence electrons. The summed E-state index contributed by atoms with van der Waals surface area (Å²) in [5, 5.41) is 14.5. The lowest BCUT2D eigenvalue weighted by atomic mass is 9.93. The van der Waals surface area contributed by atoms with E-state index in [0.717, 1.165) is 59.3 Å². The molecule has 0 aliphatic carbocycles. The topological polar surface area (TPSA) is 110 Å². The van der Waals surface area contributed by atoms with Gasteiger partial charge in [0.2, 0.25) is 0 Å². The number of pyridine rings is 1. The molecule has 0 radical (unpaired) electrons. The molecule has 1 aromatic carbocycles. The fourth-order valence-corrected chi connectivity index (χ4v) is 4.21. The Labute approximate surface area is 173 Å². The van der Waals surface area contributed by atoms with Crippen LogP contribution in [0, 0.1) is 0 Å². The molecule has 0 atom stereocenters. The van der Waals surface area contributed by atoms with E-state index in [1.165, 1.54) is 0 Å². The molecule has 3 aromatic heterocycles. The second-order valence-corrected chi connectivity index (χ2v) is 7.76. The van der Waals surface area contributed by atoms with Gasteiger partial charge in [0.15, 0.2) is 5.65 Å². The summed E-state index contributed by atoms with van der Waals surface area (Å²) in [6.07, 6.45) is 5.34. The summed E-state index contributed by atoms with van der Waals surface area (Å²) in [7, 11) is 0. The summed E-state index contributed by atoms with van der Waals surface area (Å²) in [5.74, 6) is 0.00734. The maximum atomic E-state index is 10.9. The molecule has 3 N–H and O–H groups in total. The van der Waals surface area contributed by atoms with Gasteiger partial charge in [0.25, 0.3) is 0 Å². The van der Waals surface area contributed by atoms with E-state index in [2.05, 4.69) is 16.1 Å². The number of carbonyl (C=O) groups is 1. The van der Waals surface area contributed by atoms with Gasteiger partial charge in [-0.2, -0.15) is 9.61 Å². The standard InChI is InChI=1S/C22H22N6O2/c23-20-10-19(14-5-7-27(8-6-14)13-21(29)30)26-22-17(12-25-28(20)22)16-9-15-3-1-2-4-18(15)24-11-16/h1-4,9-12,14H,5-8,13,23H2,(H,29,30). The van der Waals surface area contributed by atoms with Crippen LogP contribution < -0.4 is 5.73 Å². The number of carboxylic acids is 1. The van der Waals surface area contributed by atoms with E-state index in [0.29, 0.717) is 5.82 Å². The van der Waals surface area contributed by atoms with Gasteiger partial charge in [0.05, 0.1) is 18.3 Å². The highest BCUT2D eigenvalue weighted by atomic mass is 16.4. The van der Waals surface area contributed by atoms with Crippen LogP contribution in [0.2, 0.25) is 0 Å². The number of para-hydroxylation sites is 1. The number of hydrogen-bond acceptors (Lipinski definition) is 6. The molecule has 8 heteroatoms. The van der Waals surface area contributed by atoms with Crippen molar-refractivity contribution in [3.63, 3.8) is 0 Å². The quantitative estimate of drug-likeness (QED) is 0.540. The normalized spacial score (nSPS) is 15.7. The van der Waals surface area contributed by atoms with Gasteiger partial charge in [0, 0.05) is 40.4 Å². The molecule has 0 amide bonds. The maximum Gasteiger partial charge on any atom is 0.317 e. The molecule has 1 aliphatic heterocycles. The molecular weight excluding hydrogens is 380 g/mol. The number of likely N-dealkylation sites (tertiary alicyclic amines) is 1. The van der Waals surface area contributed by atoms with Gasteiger partial charge in [-0.25, -0.2) is 4.98 Å². The number of benzene rings is 1. The van der Waals surface area contributed by atoms with Crippen LogP contribution in [0.4, 0.5) is 5.82 Å². The van der Waals surface area contributed by atoms with Crippen molar-refractivity contribution >= 4 is 28.3 Å². The molecule has 8 nitrogen and oxygen atoms in total. The molecule has 4 heterocycles. The van der Waals surface area contributed by atoms with Crippen LogP contribution >= 0.6 is 0 Å². The lowest BCUT2D eigenvalue weighted by Gasteiger charge is -2.30. The van der Waals surface area contributed by atoms with Gasteiger partial charge in [-0.05, 0) is 38.1 Å². The molecule has 5 rings (SSSR count). The predicted molar refractivity (Wildman–Crippen MR) is 114 cm³/mol. The predicted octanol–water partition coefficient (Wildman–Crippen LogP) is 2.79. The van der Waals surface area contributed by atoms with Crippen LogP contribution in [0.3, 0.4) is 0 Å². The van der Waals surface area contributed by atoms with Crippen molar-refractivity contribution < 1.29 is 9.90 Å². The number of hydrogen-bond donors (Lipinski definition) is 2. The minimum atomic E-state index is -0.787. The molecular formula is C22H22N6O2. The van der Waals surface area contributed by atoms with Gasteiger partial charge in [-0.15, -0.1) is 0 Å². The number of fused-ring (bicyclic) bond motifs is 2. The van der Waals surface area contributed by atoms with Gasteiger partial charge < -0.3 is 10.8 Å². The Morgan fingerprint density at radius 1 is 1.17 bits per heavy atom. The number of rotatable bonds is 4. The van der Waals surface area contributed by atoms with Crippen LogP contribution in [0.5, 0.6) is 0 Å². The molecule has 4 aromatic rings. The molecule has 30 heavy (non-hydrogen) atoms. The zero-order valence-electron chi connectivity index (χ0n) is 16.4. The van der Waals surface area contributed by atoms with Crippen molar-refractivity contribution in [2.75, 3.05) is 25.4 Å². The third-order valence-corrected chi connectivity index (χ3v) is 5.79. The van der Waals surface area contributed by atoms with Gasteiger partial charge in [-0.1, -0.05) is 18.2 Å². The lowest BCUT2D eigenvalue weighted by Crippen LogP contribution is -2.36. The van der Waals surface area contributed by atoms with Crippen molar-refractivity contribution in [3.8, 4) is 11.1 Å². The van der Waals surface area contributed by atoms with Crippen molar-refractivity contribution in [2.24, 2.45) is 0 Å². The van der Waals surface area contributed by atoms with Crippen LogP contribution in [0.1, 0.15) is 24.5 Å². The highest BCUT2D eigenvalue weighted by molar-refractivity contribution is 5.86. The van der Waals surface area contributed by atoms with E-state index >= 15 is 0 Å². The summed E-state index contributed by atoms with van der Waals surface area (Å²) in [5.41, 5.74) is 10.7. The molecule has 1 saturated heterocycles. The Bertz CT molecular complexity index is 1240. The van der Waals surface area contributed by atoms with Crippen LogP contribution in [-0.4, -0.2) is 55.2 Å². The number of nitrogens with zero attached hydrogens (tertiary/aromatic N) is 5. The number of anilines is 1. The third-order valence-electron chi connectivity index (χ3n) is 5.79. The summed E-state index contributed by atoms with van der Waals surface area (Å²) < 4.78 is 1.66. The average Bonchev–Trinajstić information content (AvgIpc) is 3.18. The van der Waals surface area contributed by atoms with Crippen molar-refractivity contribution in [1.82, 2.24) is 24.5 Å². The minimum absolute atomic E-state index is 0.0864. The fraction of sp³-hybridized carbons (Fsp3) is 0.273. The third kappa shape index (κ3) is 3.35. The van der Waals surface area contributed by atoms with Gasteiger partial charge in [-0.3, -0.25) is 14.7 Å². The van der Waals surface area contributed by atoms with Crippen LogP contribution in [-0.2, 0) is 4.79 Å². The highest BCUT2D eigenvalue weighted by Crippen LogP contribution is 2.31. The van der Waals surface area contributed by atoms with E-state index in [1.807, 2.05) is 41.4 Å². The Morgan fingerprint density at radius 3 is 2.77 bits per heavy atom. The van der Waals surface area contributed by atoms with Crippen LogP contribution in [0.25, 0.3) is 27.7 Å². The first kappa shape index (κ1) is 18.5. The number of aromatic nitrogens is 4. The fourth-order valence-electron chi connectivity index (χ4n) is 4.21. The summed E-state index contributed by atoms with van der Waals surface area (Å²) >= 11 is 0. The van der Waals surface area contributed by atoms with E-state index in [4.69, 9.17) is 15.8 Å². The Morgan fingerprint density at radius 2 is 1.97 bits per heavy atom. The average molecular weight is 402 g/mol. The first-order valence-corrected chi connectivity index (χ1v) is 10.0. The molecule has 0 unspecified atom stereocenters. The summed E-state index contributed by atoms with van der Waals surface area (Å²) in [4.78, 5) is 22.4. The largest absolute Gasteiger partial charge is 0.480 e. The lowest BCUT2D eigenvalue weighted by molar-refractivity contribution is -0.138. The SMILES string of the molecule is Nc1cc(C2CCN(CC(=O)O)CC2)nc2c(-c3cnc4ccccc4c3)cnn12. The van der Waals surface area contributed by atoms with E-state index in [1.54, 1.807) is 10.7 Å². The highest BCUT2D eigenvalue weighted by Gasteiger charge is 2.24. The smallest absolute Gasteiger partial charge is 0.317 e. The van der Waals surface area contributed by atoms with E-state index < -0.39 is 5.97 Å². The van der Waals surface area contributed by atoms with Gasteiger partial charge in [0.1, 0.15) is 5.82 Å². The first-order chi connectivity index (χ1) is 14.6. The molecule has 0 saturated carbocycles. The van der Waals surface area contributed by atoms with Gasteiger partial charge >= 0.3 is 5.97 Å². The molecule has 0 spiro atoms. The van der Waals surface area contributed by atoms with E-state index in [9.17, 15) is 4.79 Å². The van der Waals surface area contributed by atoms with E-state index in [-0.39, 0.29) is 12.5 Å². The Hall–Kier alpha value is -3.52. The number of aliphatic carboxylic acids is 1. The molecule has 1 fully saturated rings. The van der Waals surface area contributed by atoms with Crippen molar-refractivity contribution in [2.45, 2.75) is 18.8 Å². The number of nitrogen functional groups attached to an aromatic ring is 1. The second kappa shape index (κ2) is 7.38. The Balaban J connectivity index is 1.49. The summed E-state index contributed by atoms with van der Waals surface area (Å²) in [6.45, 7) is 1.57. The number of carboxylic acid groups (broad SMARTS) is 1. The minimum Gasteiger partial charge on any atom is -0.480 e. The second-order valence-electron chi connectivity index (χ2n) is 7.76. The maximum absolute atomic E-state index is 10.9. The molecule has 0 bridgehead atoms. The Kier molecular flexibility index (Phi) is 4.55.